The number of hydrogen-bond acceptors (Lipinski definition) is 2. The fourth-order valence-electron chi connectivity index (χ4n) is 3.69. The standard InChI is InChI=1S/C18H26N2O/c1-14-13-18(21)20(12-11-15-7-3-2-4-8-15)17-10-6-5-9-16(17)19-14/h5-6,9-10,14-15,19H,2-4,7-8,11-13H2,1H3/t14-/m1/s1. The Morgan fingerprint density at radius 3 is 2.76 bits per heavy atom. The normalized spacial score (nSPS) is 23.4. The average molecular weight is 286 g/mol. The van der Waals surface area contributed by atoms with Gasteiger partial charge in [0, 0.05) is 19.0 Å². The van der Waals surface area contributed by atoms with Gasteiger partial charge < -0.3 is 10.2 Å². The quantitative estimate of drug-likeness (QED) is 0.903. The summed E-state index contributed by atoms with van der Waals surface area (Å²) >= 11 is 0. The number of nitrogens with one attached hydrogen (secondary N) is 1. The molecule has 1 aromatic carbocycles. The molecule has 21 heavy (non-hydrogen) atoms. The summed E-state index contributed by atoms with van der Waals surface area (Å²) in [4.78, 5) is 14.6. The summed E-state index contributed by atoms with van der Waals surface area (Å²) in [6, 6.07) is 8.42. The van der Waals surface area contributed by atoms with Crippen molar-refractivity contribution in [1.29, 1.82) is 0 Å². The van der Waals surface area contributed by atoms with Crippen molar-refractivity contribution in [3.05, 3.63) is 24.3 Å². The zero-order valence-corrected chi connectivity index (χ0v) is 13.0. The van der Waals surface area contributed by atoms with Gasteiger partial charge in [0.1, 0.15) is 0 Å². The van der Waals surface area contributed by atoms with Crippen molar-refractivity contribution in [3.8, 4) is 0 Å². The maximum Gasteiger partial charge on any atom is 0.229 e. The molecule has 0 spiro atoms. The van der Waals surface area contributed by atoms with Crippen molar-refractivity contribution < 1.29 is 4.79 Å². The van der Waals surface area contributed by atoms with Crippen LogP contribution >= 0.6 is 0 Å². The smallest absolute Gasteiger partial charge is 0.229 e. The van der Waals surface area contributed by atoms with Gasteiger partial charge in [0.15, 0.2) is 0 Å². The van der Waals surface area contributed by atoms with Crippen LogP contribution in [0.5, 0.6) is 0 Å². The molecule has 1 heterocycles. The lowest BCUT2D eigenvalue weighted by atomic mass is 9.87. The van der Waals surface area contributed by atoms with E-state index in [9.17, 15) is 4.79 Å². The number of carbonyl (C=O) groups is 1. The molecule has 0 unspecified atom stereocenters. The Morgan fingerprint density at radius 2 is 1.95 bits per heavy atom. The van der Waals surface area contributed by atoms with E-state index in [2.05, 4.69) is 24.4 Å². The highest BCUT2D eigenvalue weighted by Gasteiger charge is 2.25. The minimum Gasteiger partial charge on any atom is -0.380 e. The third-order valence-electron chi connectivity index (χ3n) is 4.86. The molecule has 2 aliphatic rings. The van der Waals surface area contributed by atoms with E-state index in [1.54, 1.807) is 0 Å². The molecule has 0 radical (unpaired) electrons. The van der Waals surface area contributed by atoms with Crippen molar-refractivity contribution in [1.82, 2.24) is 0 Å². The zero-order chi connectivity index (χ0) is 14.7. The Labute approximate surface area is 127 Å². The van der Waals surface area contributed by atoms with Crippen molar-refractivity contribution in [2.75, 3.05) is 16.8 Å². The molecule has 114 valence electrons. The molecule has 0 bridgehead atoms. The molecule has 1 atom stereocenters. The lowest BCUT2D eigenvalue weighted by Gasteiger charge is -2.27. The first kappa shape index (κ1) is 14.4. The first-order valence-corrected chi connectivity index (χ1v) is 8.40. The molecular weight excluding hydrogens is 260 g/mol. The van der Waals surface area contributed by atoms with E-state index >= 15 is 0 Å². The Kier molecular flexibility index (Phi) is 4.47. The summed E-state index contributed by atoms with van der Waals surface area (Å²) in [6.07, 6.45) is 8.55. The highest BCUT2D eigenvalue weighted by molar-refractivity contribution is 5.98. The van der Waals surface area contributed by atoms with Crippen LogP contribution in [0.4, 0.5) is 11.4 Å². The summed E-state index contributed by atoms with van der Waals surface area (Å²) in [5.41, 5.74) is 2.15. The van der Waals surface area contributed by atoms with Gasteiger partial charge in [-0.2, -0.15) is 0 Å². The topological polar surface area (TPSA) is 32.3 Å². The highest BCUT2D eigenvalue weighted by atomic mass is 16.2. The second-order valence-corrected chi connectivity index (χ2v) is 6.60. The number of nitrogens with zero attached hydrogens (tertiary/aromatic N) is 1. The van der Waals surface area contributed by atoms with Crippen LogP contribution in [0.15, 0.2) is 24.3 Å². The number of hydrogen-bond donors (Lipinski definition) is 1. The maximum atomic E-state index is 12.5. The predicted octanol–water partition coefficient (Wildman–Crippen LogP) is 4.19. The molecule has 0 saturated heterocycles. The SMILES string of the molecule is C[C@@H]1CC(=O)N(CCC2CCCCC2)c2ccccc2N1. The molecule has 3 rings (SSSR count). The molecular formula is C18H26N2O. The number of rotatable bonds is 3. The van der Waals surface area contributed by atoms with Crippen LogP contribution < -0.4 is 10.2 Å². The predicted molar refractivity (Wildman–Crippen MR) is 87.7 cm³/mol. The number of anilines is 2. The minimum atomic E-state index is 0.207. The van der Waals surface area contributed by atoms with E-state index in [-0.39, 0.29) is 11.9 Å². The molecule has 3 nitrogen and oxygen atoms in total. The molecule has 1 fully saturated rings. The van der Waals surface area contributed by atoms with Gasteiger partial charge in [-0.15, -0.1) is 0 Å². The highest BCUT2D eigenvalue weighted by Crippen LogP contribution is 2.32. The largest absolute Gasteiger partial charge is 0.380 e. The van der Waals surface area contributed by atoms with Crippen molar-refractivity contribution in [2.24, 2.45) is 5.92 Å². The van der Waals surface area contributed by atoms with Gasteiger partial charge in [-0.1, -0.05) is 44.2 Å². The van der Waals surface area contributed by atoms with Crippen molar-refractivity contribution >= 4 is 17.3 Å². The van der Waals surface area contributed by atoms with Crippen LogP contribution in [-0.2, 0) is 4.79 Å². The second-order valence-electron chi connectivity index (χ2n) is 6.60. The van der Waals surface area contributed by atoms with Gasteiger partial charge in [0.25, 0.3) is 0 Å². The number of carbonyl (C=O) groups excluding carboxylic acids is 1. The fourth-order valence-corrected chi connectivity index (χ4v) is 3.69. The molecule has 1 amide bonds. The minimum absolute atomic E-state index is 0.207. The molecule has 1 saturated carbocycles. The van der Waals surface area contributed by atoms with Gasteiger partial charge in [0.05, 0.1) is 11.4 Å². The monoisotopic (exact) mass is 286 g/mol. The van der Waals surface area contributed by atoms with Gasteiger partial charge in [-0.3, -0.25) is 4.79 Å². The zero-order valence-electron chi connectivity index (χ0n) is 13.0. The first-order valence-electron chi connectivity index (χ1n) is 8.40. The third-order valence-corrected chi connectivity index (χ3v) is 4.86. The lowest BCUT2D eigenvalue weighted by molar-refractivity contribution is -0.118. The summed E-state index contributed by atoms with van der Waals surface area (Å²) in [5, 5.41) is 3.46. The van der Waals surface area contributed by atoms with E-state index in [0.717, 1.165) is 30.3 Å². The van der Waals surface area contributed by atoms with Crippen LogP contribution in [0.3, 0.4) is 0 Å². The summed E-state index contributed by atoms with van der Waals surface area (Å²) in [6.45, 7) is 2.95. The third kappa shape index (κ3) is 3.39. The van der Waals surface area contributed by atoms with E-state index < -0.39 is 0 Å². The Hall–Kier alpha value is -1.51. The number of amides is 1. The molecule has 3 heteroatoms. The summed E-state index contributed by atoms with van der Waals surface area (Å²) < 4.78 is 0. The van der Waals surface area contributed by atoms with Crippen LogP contribution in [0.2, 0.25) is 0 Å². The Morgan fingerprint density at radius 1 is 1.19 bits per heavy atom. The number of para-hydroxylation sites is 2. The van der Waals surface area contributed by atoms with Gasteiger partial charge in [-0.05, 0) is 31.4 Å². The van der Waals surface area contributed by atoms with Crippen molar-refractivity contribution in [3.63, 3.8) is 0 Å². The van der Waals surface area contributed by atoms with Crippen molar-refractivity contribution in [2.45, 2.75) is 57.9 Å². The van der Waals surface area contributed by atoms with Crippen LogP contribution in [0.1, 0.15) is 51.9 Å². The average Bonchev–Trinajstić information content (AvgIpc) is 2.61. The Balaban J connectivity index is 1.74. The first-order chi connectivity index (χ1) is 10.2. The Bertz CT molecular complexity index is 494. The van der Waals surface area contributed by atoms with Gasteiger partial charge in [0.2, 0.25) is 5.91 Å². The van der Waals surface area contributed by atoms with E-state index in [1.807, 2.05) is 17.0 Å². The second kappa shape index (κ2) is 6.50. The summed E-state index contributed by atoms with van der Waals surface area (Å²) in [5.74, 6) is 1.07. The molecule has 1 aliphatic carbocycles. The van der Waals surface area contributed by atoms with Crippen LogP contribution in [0.25, 0.3) is 0 Å². The maximum absolute atomic E-state index is 12.5. The van der Waals surface area contributed by atoms with Gasteiger partial charge >= 0.3 is 0 Å². The molecule has 1 aromatic rings. The summed E-state index contributed by atoms with van der Waals surface area (Å²) in [7, 11) is 0. The van der Waals surface area contributed by atoms with E-state index in [1.165, 1.54) is 32.1 Å². The van der Waals surface area contributed by atoms with Crippen LogP contribution in [0, 0.1) is 5.92 Å². The lowest BCUT2D eigenvalue weighted by Crippen LogP contribution is -2.33. The van der Waals surface area contributed by atoms with E-state index in [0.29, 0.717) is 6.42 Å². The number of fused-ring (bicyclic) bond motifs is 1. The molecule has 1 N–H and O–H groups in total. The number of benzene rings is 1. The fraction of sp³-hybridized carbons (Fsp3) is 0.611. The van der Waals surface area contributed by atoms with E-state index in [4.69, 9.17) is 0 Å². The molecule has 0 aromatic heterocycles. The molecule has 1 aliphatic heterocycles. The van der Waals surface area contributed by atoms with Crippen LogP contribution in [-0.4, -0.2) is 18.5 Å². The van der Waals surface area contributed by atoms with Gasteiger partial charge in [-0.25, -0.2) is 0 Å².